The van der Waals surface area contributed by atoms with Crippen LogP contribution in [0.4, 0.5) is 5.69 Å². The molecule has 1 heterocycles. The molecular formula is C27H33N3O4. The third-order valence-corrected chi connectivity index (χ3v) is 7.07. The van der Waals surface area contributed by atoms with E-state index in [-0.39, 0.29) is 17.7 Å². The first-order valence-corrected chi connectivity index (χ1v) is 12.1. The van der Waals surface area contributed by atoms with Crippen LogP contribution in [0.3, 0.4) is 0 Å². The second-order valence-corrected chi connectivity index (χ2v) is 9.68. The zero-order valence-corrected chi connectivity index (χ0v) is 19.7. The van der Waals surface area contributed by atoms with Crippen LogP contribution in [-0.4, -0.2) is 36.0 Å². The second-order valence-electron chi connectivity index (χ2n) is 9.68. The van der Waals surface area contributed by atoms with Gasteiger partial charge in [-0.3, -0.25) is 14.4 Å². The molecule has 2 aromatic rings. The highest BCUT2D eigenvalue weighted by atomic mass is 16.4. The Labute approximate surface area is 200 Å². The molecule has 2 aliphatic rings. The average Bonchev–Trinajstić information content (AvgIpc) is 3.27. The maximum atomic E-state index is 13.3. The van der Waals surface area contributed by atoms with Crippen LogP contribution in [0.5, 0.6) is 0 Å². The molecule has 180 valence electrons. The molecule has 1 aliphatic carbocycles. The number of benzene rings is 2. The molecule has 34 heavy (non-hydrogen) atoms. The molecule has 0 aromatic heterocycles. The Bertz CT molecular complexity index is 1050. The number of carbonyl (C=O) groups is 3. The Kier molecular flexibility index (Phi) is 7.32. The van der Waals surface area contributed by atoms with E-state index in [2.05, 4.69) is 41.9 Å². The van der Waals surface area contributed by atoms with Gasteiger partial charge in [-0.15, -0.1) is 0 Å². The van der Waals surface area contributed by atoms with Gasteiger partial charge in [-0.2, -0.15) is 0 Å². The molecule has 0 spiro atoms. The van der Waals surface area contributed by atoms with E-state index in [1.165, 1.54) is 5.56 Å². The van der Waals surface area contributed by atoms with E-state index < -0.39 is 23.8 Å². The van der Waals surface area contributed by atoms with Crippen LogP contribution in [-0.2, 0) is 14.4 Å². The van der Waals surface area contributed by atoms with Crippen molar-refractivity contribution in [3.05, 3.63) is 65.2 Å². The fraction of sp³-hybridized carbons (Fsp3) is 0.444. The first kappa shape index (κ1) is 24.0. The van der Waals surface area contributed by atoms with Crippen LogP contribution < -0.4 is 16.0 Å². The summed E-state index contributed by atoms with van der Waals surface area (Å²) in [5.74, 6) is -2.14. The largest absolute Gasteiger partial charge is 0.481 e. The molecule has 0 radical (unpaired) electrons. The molecule has 2 aromatic carbocycles. The average molecular weight is 464 g/mol. The summed E-state index contributed by atoms with van der Waals surface area (Å²) in [5, 5.41) is 18.9. The molecule has 4 rings (SSSR count). The lowest BCUT2D eigenvalue weighted by Gasteiger charge is -2.28. The van der Waals surface area contributed by atoms with E-state index in [9.17, 15) is 19.5 Å². The van der Waals surface area contributed by atoms with Crippen LogP contribution >= 0.6 is 0 Å². The van der Waals surface area contributed by atoms with E-state index in [1.807, 2.05) is 36.4 Å². The summed E-state index contributed by atoms with van der Waals surface area (Å²) >= 11 is 0. The number of hydrogen-bond acceptors (Lipinski definition) is 4. The molecule has 1 saturated heterocycles. The number of nitrogens with one attached hydrogen (secondary N) is 3. The van der Waals surface area contributed by atoms with Gasteiger partial charge in [0.2, 0.25) is 11.8 Å². The molecule has 4 N–H and O–H groups in total. The van der Waals surface area contributed by atoms with Crippen LogP contribution in [0.15, 0.2) is 48.5 Å². The number of hydrogen-bond donors (Lipinski definition) is 4. The highest BCUT2D eigenvalue weighted by Crippen LogP contribution is 2.35. The summed E-state index contributed by atoms with van der Waals surface area (Å²) in [6.45, 7) is 5.56. The quantitative estimate of drug-likeness (QED) is 0.478. The molecule has 2 fully saturated rings. The minimum Gasteiger partial charge on any atom is -0.481 e. The van der Waals surface area contributed by atoms with Gasteiger partial charge in [-0.1, -0.05) is 62.7 Å². The van der Waals surface area contributed by atoms with Gasteiger partial charge < -0.3 is 21.1 Å². The van der Waals surface area contributed by atoms with Crippen molar-refractivity contribution in [2.45, 2.75) is 45.1 Å². The topological polar surface area (TPSA) is 108 Å². The Morgan fingerprint density at radius 1 is 0.912 bits per heavy atom. The highest BCUT2D eigenvalue weighted by Gasteiger charge is 2.39. The summed E-state index contributed by atoms with van der Waals surface area (Å²) in [5.41, 5.74) is 3.50. The van der Waals surface area contributed by atoms with Gasteiger partial charge in [0.15, 0.2) is 0 Å². The number of aliphatic carboxylic acids is 1. The Morgan fingerprint density at radius 2 is 1.56 bits per heavy atom. The monoisotopic (exact) mass is 463 g/mol. The van der Waals surface area contributed by atoms with Crippen LogP contribution in [0.25, 0.3) is 0 Å². The van der Waals surface area contributed by atoms with Crippen LogP contribution in [0, 0.1) is 17.8 Å². The molecule has 7 nitrogen and oxygen atoms in total. The van der Waals surface area contributed by atoms with Crippen molar-refractivity contribution in [2.24, 2.45) is 17.8 Å². The zero-order valence-electron chi connectivity index (χ0n) is 19.7. The number of carbonyl (C=O) groups excluding carboxylic acids is 2. The van der Waals surface area contributed by atoms with Gasteiger partial charge in [0.05, 0.1) is 23.8 Å². The fourth-order valence-electron chi connectivity index (χ4n) is 4.80. The fourth-order valence-corrected chi connectivity index (χ4v) is 4.80. The Morgan fingerprint density at radius 3 is 2.18 bits per heavy atom. The van der Waals surface area contributed by atoms with Crippen LogP contribution in [0.2, 0.25) is 0 Å². The maximum absolute atomic E-state index is 13.3. The Hall–Kier alpha value is -3.19. The van der Waals surface area contributed by atoms with Gasteiger partial charge in [-0.25, -0.2) is 0 Å². The third-order valence-electron chi connectivity index (χ3n) is 7.07. The summed E-state index contributed by atoms with van der Waals surface area (Å²) < 4.78 is 0. The summed E-state index contributed by atoms with van der Waals surface area (Å²) in [7, 11) is 0. The van der Waals surface area contributed by atoms with Gasteiger partial charge in [0.1, 0.15) is 0 Å². The minimum absolute atomic E-state index is 0.0480. The van der Waals surface area contributed by atoms with E-state index in [4.69, 9.17) is 0 Å². The predicted molar refractivity (Wildman–Crippen MR) is 130 cm³/mol. The predicted octanol–water partition coefficient (Wildman–Crippen LogP) is 3.67. The first-order valence-electron chi connectivity index (χ1n) is 12.1. The SMILES string of the molecule is CC(C)c1ccc([C@@H](NC(=O)[C@@H]2CCC[C@@H]2C(=O)O)c2ccccc2NC(=O)C2CNC2)cc1. The molecular weight excluding hydrogens is 430 g/mol. The molecule has 1 aliphatic heterocycles. The normalized spacial score (nSPS) is 21.0. The standard InChI is InChI=1S/C27H33N3O4/c1-16(2)17-10-12-18(13-11-17)24(30-26(32)20-7-5-8-21(20)27(33)34)22-6-3-4-9-23(22)29-25(31)19-14-28-15-19/h3-4,6,9-13,16,19-21,24,28H,5,7-8,14-15H2,1-2H3,(H,29,31)(H,30,32)(H,33,34)/t20-,21+,24-/m1/s1. The number of rotatable bonds is 8. The lowest BCUT2D eigenvalue weighted by atomic mass is 9.91. The van der Waals surface area contributed by atoms with Crippen molar-refractivity contribution in [1.82, 2.24) is 10.6 Å². The molecule has 2 amide bonds. The van der Waals surface area contributed by atoms with E-state index in [0.717, 1.165) is 17.5 Å². The van der Waals surface area contributed by atoms with Crippen LogP contribution in [0.1, 0.15) is 61.8 Å². The number of amides is 2. The molecule has 7 heteroatoms. The van der Waals surface area contributed by atoms with E-state index in [1.54, 1.807) is 0 Å². The molecule has 0 bridgehead atoms. The van der Waals surface area contributed by atoms with Gasteiger partial charge in [0.25, 0.3) is 0 Å². The number of anilines is 1. The van der Waals surface area contributed by atoms with Gasteiger partial charge in [-0.05, 0) is 36.0 Å². The maximum Gasteiger partial charge on any atom is 0.307 e. The van der Waals surface area contributed by atoms with E-state index >= 15 is 0 Å². The smallest absolute Gasteiger partial charge is 0.307 e. The Balaban J connectivity index is 1.66. The van der Waals surface area contributed by atoms with Gasteiger partial charge in [0, 0.05) is 24.3 Å². The number of carboxylic acid groups (broad SMARTS) is 1. The van der Waals surface area contributed by atoms with Crippen molar-refractivity contribution in [3.8, 4) is 0 Å². The van der Waals surface area contributed by atoms with Crippen molar-refractivity contribution in [3.63, 3.8) is 0 Å². The second kappa shape index (κ2) is 10.4. The number of para-hydroxylation sites is 1. The zero-order chi connectivity index (χ0) is 24.2. The first-order chi connectivity index (χ1) is 16.3. The van der Waals surface area contributed by atoms with Gasteiger partial charge >= 0.3 is 5.97 Å². The molecule has 3 atom stereocenters. The lowest BCUT2D eigenvalue weighted by molar-refractivity contribution is -0.146. The van der Waals surface area contributed by atoms with E-state index in [0.29, 0.717) is 37.5 Å². The lowest BCUT2D eigenvalue weighted by Crippen LogP contribution is -2.48. The summed E-state index contributed by atoms with van der Waals surface area (Å²) in [6.07, 6.45) is 1.81. The minimum atomic E-state index is -0.919. The highest BCUT2D eigenvalue weighted by molar-refractivity contribution is 5.94. The van der Waals surface area contributed by atoms with Crippen molar-refractivity contribution in [2.75, 3.05) is 18.4 Å². The van der Waals surface area contributed by atoms with Crippen molar-refractivity contribution in [1.29, 1.82) is 0 Å². The van der Waals surface area contributed by atoms with Crippen molar-refractivity contribution >= 4 is 23.5 Å². The third kappa shape index (κ3) is 5.14. The summed E-state index contributed by atoms with van der Waals surface area (Å²) in [6, 6.07) is 15.1. The molecule has 1 saturated carbocycles. The number of carboxylic acids is 1. The summed E-state index contributed by atoms with van der Waals surface area (Å²) in [4.78, 5) is 37.7. The molecule has 0 unspecified atom stereocenters. The van der Waals surface area contributed by atoms with Crippen molar-refractivity contribution < 1.29 is 19.5 Å².